The summed E-state index contributed by atoms with van der Waals surface area (Å²) in [7, 11) is 5.12. The Morgan fingerprint density at radius 3 is 2.23 bits per heavy atom. The molecule has 0 radical (unpaired) electrons. The summed E-state index contributed by atoms with van der Waals surface area (Å²) in [5.74, 6) is -2.11. The first kappa shape index (κ1) is 30.9. The van der Waals surface area contributed by atoms with Crippen LogP contribution >= 0.6 is 0 Å². The van der Waals surface area contributed by atoms with E-state index in [4.69, 9.17) is 0 Å². The molecular formula is C31H44N4O5. The maximum atomic E-state index is 14.1. The number of aromatic nitrogens is 1. The van der Waals surface area contributed by atoms with Crippen molar-refractivity contribution in [3.63, 3.8) is 0 Å². The van der Waals surface area contributed by atoms with Gasteiger partial charge >= 0.3 is 5.97 Å². The van der Waals surface area contributed by atoms with E-state index >= 15 is 0 Å². The minimum absolute atomic E-state index is 0.0645. The number of hydrogen-bond acceptors (Lipinski definition) is 4. The Kier molecular flexibility index (Phi) is 8.31. The number of carbonyl (C=O) groups excluding carboxylic acids is 3. The Bertz CT molecular complexity index is 1380. The number of nitrogens with zero attached hydrogens (tertiary/aromatic N) is 3. The maximum absolute atomic E-state index is 14.1. The van der Waals surface area contributed by atoms with Crippen LogP contribution in [0.5, 0.6) is 0 Å². The molecule has 3 atom stereocenters. The fraction of sp³-hybridized carbons (Fsp3) is 0.548. The van der Waals surface area contributed by atoms with Gasteiger partial charge in [-0.3, -0.25) is 14.4 Å². The van der Waals surface area contributed by atoms with Gasteiger partial charge in [-0.2, -0.15) is 0 Å². The van der Waals surface area contributed by atoms with Crippen molar-refractivity contribution < 1.29 is 24.3 Å². The summed E-state index contributed by atoms with van der Waals surface area (Å²) in [5.41, 5.74) is 1.00. The van der Waals surface area contributed by atoms with E-state index in [2.05, 4.69) is 5.32 Å². The van der Waals surface area contributed by atoms with Gasteiger partial charge in [-0.25, -0.2) is 4.79 Å². The fourth-order valence-electron chi connectivity index (χ4n) is 6.00. The Labute approximate surface area is 237 Å². The standard InChI is InChI=1S/C31H44N4O5/c1-17(2)21(16-18(3)29(39)40)34(10)28(38)24(30(4,5)6)32-26(36)25-31(7,8)22-19-14-12-13-15-20(19)33(9)23(22)27(37)35(25)11/h12-17,21,24-25H,1-11H3,(H,32,36)(H,39,40)/t21-,24-,25-/m1/s1. The number of aliphatic carboxylic acids is 1. The monoisotopic (exact) mass is 552 g/mol. The predicted molar refractivity (Wildman–Crippen MR) is 156 cm³/mol. The third kappa shape index (κ3) is 5.25. The van der Waals surface area contributed by atoms with E-state index in [1.807, 2.05) is 84.3 Å². The number of benzene rings is 1. The van der Waals surface area contributed by atoms with Crippen LogP contribution in [0.4, 0.5) is 0 Å². The first-order valence-corrected chi connectivity index (χ1v) is 13.7. The van der Waals surface area contributed by atoms with Crippen molar-refractivity contribution in [2.75, 3.05) is 14.1 Å². The molecule has 9 nitrogen and oxygen atoms in total. The molecule has 0 saturated heterocycles. The van der Waals surface area contributed by atoms with Crippen molar-refractivity contribution in [2.24, 2.45) is 18.4 Å². The van der Waals surface area contributed by atoms with E-state index in [9.17, 15) is 24.3 Å². The van der Waals surface area contributed by atoms with Crippen molar-refractivity contribution in [1.82, 2.24) is 19.7 Å². The van der Waals surface area contributed by atoms with Crippen LogP contribution in [-0.4, -0.2) is 75.4 Å². The smallest absolute Gasteiger partial charge is 0.331 e. The molecule has 0 unspecified atom stereocenters. The fourth-order valence-corrected chi connectivity index (χ4v) is 6.00. The molecular weight excluding hydrogens is 508 g/mol. The van der Waals surface area contributed by atoms with Crippen molar-refractivity contribution >= 4 is 34.6 Å². The van der Waals surface area contributed by atoms with Gasteiger partial charge < -0.3 is 24.8 Å². The van der Waals surface area contributed by atoms with Crippen LogP contribution < -0.4 is 5.32 Å². The SMILES string of the molecule is CC(=C[C@H](C(C)C)N(C)C(=O)[C@@H](NC(=O)[C@H]1N(C)C(=O)c2c(c3ccccc3n2C)C1(C)C)C(C)(C)C)C(=O)O. The Hall–Kier alpha value is -3.62. The van der Waals surface area contributed by atoms with Gasteiger partial charge in [0.05, 0.1) is 6.04 Å². The molecule has 0 bridgehead atoms. The molecule has 0 aliphatic carbocycles. The van der Waals surface area contributed by atoms with Crippen molar-refractivity contribution in [1.29, 1.82) is 0 Å². The molecule has 0 saturated carbocycles. The highest BCUT2D eigenvalue weighted by molar-refractivity contribution is 6.07. The minimum atomic E-state index is -1.05. The lowest BCUT2D eigenvalue weighted by atomic mass is 9.72. The van der Waals surface area contributed by atoms with E-state index in [1.54, 1.807) is 20.2 Å². The average molecular weight is 553 g/mol. The summed E-state index contributed by atoms with van der Waals surface area (Å²) in [6.07, 6.45) is 1.57. The third-order valence-electron chi connectivity index (χ3n) is 8.23. The van der Waals surface area contributed by atoms with Crippen LogP contribution in [0.15, 0.2) is 35.9 Å². The highest BCUT2D eigenvalue weighted by atomic mass is 16.4. The van der Waals surface area contributed by atoms with Crippen LogP contribution in [-0.2, 0) is 26.8 Å². The zero-order valence-electron chi connectivity index (χ0n) is 25.6. The molecule has 2 heterocycles. The normalized spacial score (nSPS) is 18.9. The zero-order chi connectivity index (χ0) is 30.5. The Morgan fingerprint density at radius 2 is 1.70 bits per heavy atom. The number of carboxylic acids is 1. The van der Waals surface area contributed by atoms with Gasteiger partial charge in [0.1, 0.15) is 17.8 Å². The summed E-state index contributed by atoms with van der Waals surface area (Å²) < 4.78 is 1.88. The molecule has 1 aromatic carbocycles. The molecule has 1 aromatic heterocycles. The molecule has 40 heavy (non-hydrogen) atoms. The second-order valence-corrected chi connectivity index (χ2v) is 13.0. The van der Waals surface area contributed by atoms with Gasteiger partial charge in [0.25, 0.3) is 5.91 Å². The third-order valence-corrected chi connectivity index (χ3v) is 8.23. The van der Waals surface area contributed by atoms with Gasteiger partial charge in [0.2, 0.25) is 11.8 Å². The predicted octanol–water partition coefficient (Wildman–Crippen LogP) is 3.95. The van der Waals surface area contributed by atoms with Crippen molar-refractivity contribution in [3.05, 3.63) is 47.2 Å². The molecule has 3 rings (SSSR count). The van der Waals surface area contributed by atoms with Crippen LogP contribution in [0.3, 0.4) is 0 Å². The molecule has 1 aliphatic heterocycles. The molecule has 1 aliphatic rings. The van der Waals surface area contributed by atoms with E-state index in [0.29, 0.717) is 5.69 Å². The summed E-state index contributed by atoms with van der Waals surface area (Å²) in [6, 6.07) is 5.51. The first-order chi connectivity index (χ1) is 18.3. The Balaban J connectivity index is 2.03. The molecule has 218 valence electrons. The van der Waals surface area contributed by atoms with Crippen molar-refractivity contribution in [3.8, 4) is 0 Å². The van der Waals surface area contributed by atoms with Crippen LogP contribution in [0.1, 0.15) is 71.4 Å². The molecule has 2 aromatic rings. The number of hydrogen-bond donors (Lipinski definition) is 2. The number of carbonyl (C=O) groups is 4. The van der Waals surface area contributed by atoms with Gasteiger partial charge in [-0.05, 0) is 29.9 Å². The highest BCUT2D eigenvalue weighted by Crippen LogP contribution is 2.43. The van der Waals surface area contributed by atoms with Gasteiger partial charge in [0.15, 0.2) is 0 Å². The number of carboxylic acid groups (broad SMARTS) is 1. The quantitative estimate of drug-likeness (QED) is 0.505. The summed E-state index contributed by atoms with van der Waals surface area (Å²) in [5, 5.41) is 13.3. The summed E-state index contributed by atoms with van der Waals surface area (Å²) >= 11 is 0. The second-order valence-electron chi connectivity index (χ2n) is 13.0. The van der Waals surface area contributed by atoms with E-state index in [-0.39, 0.29) is 23.3 Å². The second kappa shape index (κ2) is 10.7. The average Bonchev–Trinajstić information content (AvgIpc) is 3.16. The van der Waals surface area contributed by atoms with Crippen molar-refractivity contribution in [2.45, 2.75) is 78.9 Å². The van der Waals surface area contributed by atoms with E-state index < -0.39 is 40.8 Å². The number of aryl methyl sites for hydroxylation is 1. The van der Waals surface area contributed by atoms with Crippen LogP contribution in [0.2, 0.25) is 0 Å². The number of rotatable bonds is 7. The molecule has 3 amide bonds. The van der Waals surface area contributed by atoms with Crippen LogP contribution in [0.25, 0.3) is 10.9 Å². The van der Waals surface area contributed by atoms with Gasteiger partial charge in [-0.1, -0.05) is 72.7 Å². The summed E-state index contributed by atoms with van der Waals surface area (Å²) in [4.78, 5) is 56.2. The van der Waals surface area contributed by atoms with Gasteiger partial charge in [0, 0.05) is 43.0 Å². The first-order valence-electron chi connectivity index (χ1n) is 13.7. The molecule has 9 heteroatoms. The number of likely N-dealkylation sites (N-methyl/N-ethyl adjacent to an activating group) is 2. The topological polar surface area (TPSA) is 112 Å². The maximum Gasteiger partial charge on any atom is 0.331 e. The Morgan fingerprint density at radius 1 is 1.12 bits per heavy atom. The highest BCUT2D eigenvalue weighted by Gasteiger charge is 2.51. The largest absolute Gasteiger partial charge is 0.478 e. The number of fused-ring (bicyclic) bond motifs is 3. The minimum Gasteiger partial charge on any atom is -0.478 e. The number of nitrogens with one attached hydrogen (secondary N) is 1. The number of amides is 3. The van der Waals surface area contributed by atoms with E-state index in [1.165, 1.54) is 16.7 Å². The lowest BCUT2D eigenvalue weighted by Gasteiger charge is -2.45. The molecule has 0 fully saturated rings. The zero-order valence-corrected chi connectivity index (χ0v) is 25.6. The van der Waals surface area contributed by atoms with E-state index in [0.717, 1.165) is 16.5 Å². The number of para-hydroxylation sites is 1. The molecule has 2 N–H and O–H groups in total. The molecule has 0 spiro atoms. The summed E-state index contributed by atoms with van der Waals surface area (Å²) in [6.45, 7) is 14.9. The van der Waals surface area contributed by atoms with Gasteiger partial charge in [-0.15, -0.1) is 0 Å². The lowest BCUT2D eigenvalue weighted by molar-refractivity contribution is -0.141. The lowest BCUT2D eigenvalue weighted by Crippen LogP contribution is -2.64. The van der Waals surface area contributed by atoms with Crippen LogP contribution in [0, 0.1) is 11.3 Å².